The summed E-state index contributed by atoms with van der Waals surface area (Å²) in [7, 11) is 0. The second-order valence-electron chi connectivity index (χ2n) is 3.25. The Morgan fingerprint density at radius 1 is 0.688 bits per heavy atom. The Morgan fingerprint density at radius 3 is 1.69 bits per heavy atom. The minimum absolute atomic E-state index is 0.554. The van der Waals surface area contributed by atoms with Crippen LogP contribution < -0.4 is 0 Å². The van der Waals surface area contributed by atoms with Crippen molar-refractivity contribution >= 4 is 46.4 Å². The van der Waals surface area contributed by atoms with E-state index in [2.05, 4.69) is 0 Å². The number of hydrogen-bond acceptors (Lipinski definition) is 0. The van der Waals surface area contributed by atoms with Gasteiger partial charge in [-0.2, -0.15) is 0 Å². The van der Waals surface area contributed by atoms with Crippen LogP contribution in [0.15, 0.2) is 36.4 Å². The van der Waals surface area contributed by atoms with Crippen LogP contribution in [0.5, 0.6) is 0 Å². The zero-order valence-corrected chi connectivity index (χ0v) is 11.0. The fraction of sp³-hybridized carbons (Fsp3) is 0. The topological polar surface area (TPSA) is 0 Å². The molecule has 0 fully saturated rings. The zero-order chi connectivity index (χ0) is 11.7. The SMILES string of the molecule is Clc1cc(Cl)cc(-c2c(Cl)cccc2Cl)c1. The molecule has 16 heavy (non-hydrogen) atoms. The van der Waals surface area contributed by atoms with Crippen LogP contribution in [0.1, 0.15) is 0 Å². The molecular formula is C12H6Cl4. The van der Waals surface area contributed by atoms with Gasteiger partial charge in [0.1, 0.15) is 0 Å². The van der Waals surface area contributed by atoms with Gasteiger partial charge in [-0.25, -0.2) is 0 Å². The van der Waals surface area contributed by atoms with Crippen LogP contribution in [-0.2, 0) is 0 Å². The zero-order valence-electron chi connectivity index (χ0n) is 7.98. The molecule has 0 atom stereocenters. The highest BCUT2D eigenvalue weighted by atomic mass is 35.5. The second-order valence-corrected chi connectivity index (χ2v) is 4.94. The minimum atomic E-state index is 0.554. The summed E-state index contributed by atoms with van der Waals surface area (Å²) in [5.41, 5.74) is 1.56. The highest BCUT2D eigenvalue weighted by Crippen LogP contribution is 2.36. The van der Waals surface area contributed by atoms with Crippen LogP contribution in [0.25, 0.3) is 11.1 Å². The van der Waals surface area contributed by atoms with Gasteiger partial charge in [0.25, 0.3) is 0 Å². The van der Waals surface area contributed by atoms with Crippen molar-refractivity contribution in [2.24, 2.45) is 0 Å². The lowest BCUT2D eigenvalue weighted by atomic mass is 10.1. The van der Waals surface area contributed by atoms with E-state index in [-0.39, 0.29) is 0 Å². The van der Waals surface area contributed by atoms with Gasteiger partial charge in [-0.3, -0.25) is 0 Å². The number of benzene rings is 2. The molecule has 0 aliphatic heterocycles. The quantitative estimate of drug-likeness (QED) is 0.607. The lowest BCUT2D eigenvalue weighted by molar-refractivity contribution is 1.61. The molecule has 0 saturated carbocycles. The van der Waals surface area contributed by atoms with Gasteiger partial charge < -0.3 is 0 Å². The number of hydrogen-bond donors (Lipinski definition) is 0. The molecule has 2 rings (SSSR count). The van der Waals surface area contributed by atoms with Crippen molar-refractivity contribution in [1.82, 2.24) is 0 Å². The number of halogens is 4. The third kappa shape index (κ3) is 2.46. The predicted molar refractivity (Wildman–Crippen MR) is 71.9 cm³/mol. The van der Waals surface area contributed by atoms with E-state index in [1.54, 1.807) is 36.4 Å². The van der Waals surface area contributed by atoms with Gasteiger partial charge >= 0.3 is 0 Å². The van der Waals surface area contributed by atoms with E-state index < -0.39 is 0 Å². The Balaban J connectivity index is 2.67. The van der Waals surface area contributed by atoms with E-state index in [1.807, 2.05) is 0 Å². The molecule has 0 spiro atoms. The summed E-state index contributed by atoms with van der Waals surface area (Å²) >= 11 is 24.1. The maximum absolute atomic E-state index is 6.10. The summed E-state index contributed by atoms with van der Waals surface area (Å²) in [4.78, 5) is 0. The molecule has 82 valence electrons. The van der Waals surface area contributed by atoms with Gasteiger partial charge in [0.2, 0.25) is 0 Å². The summed E-state index contributed by atoms with van der Waals surface area (Å²) in [6.07, 6.45) is 0. The maximum Gasteiger partial charge on any atom is 0.0499 e. The second kappa shape index (κ2) is 4.85. The van der Waals surface area contributed by atoms with Crippen LogP contribution in [0, 0.1) is 0 Å². The van der Waals surface area contributed by atoms with Crippen LogP contribution in [0.2, 0.25) is 20.1 Å². The molecule has 0 amide bonds. The Labute approximate surface area is 114 Å². The average molecular weight is 292 g/mol. The fourth-order valence-corrected chi connectivity index (χ4v) is 2.61. The van der Waals surface area contributed by atoms with Crippen LogP contribution in [0.3, 0.4) is 0 Å². The van der Waals surface area contributed by atoms with Gasteiger partial charge in [0, 0.05) is 25.7 Å². The highest BCUT2D eigenvalue weighted by Gasteiger charge is 2.09. The van der Waals surface area contributed by atoms with Crippen molar-refractivity contribution < 1.29 is 0 Å². The molecule has 0 nitrogen and oxygen atoms in total. The summed E-state index contributed by atoms with van der Waals surface area (Å²) in [5.74, 6) is 0. The molecule has 0 radical (unpaired) electrons. The van der Waals surface area contributed by atoms with Gasteiger partial charge in [-0.05, 0) is 35.9 Å². The van der Waals surface area contributed by atoms with E-state index in [9.17, 15) is 0 Å². The first-order valence-electron chi connectivity index (χ1n) is 4.48. The normalized spacial score (nSPS) is 10.5. The van der Waals surface area contributed by atoms with E-state index in [0.29, 0.717) is 20.1 Å². The molecule has 2 aromatic rings. The van der Waals surface area contributed by atoms with Crippen molar-refractivity contribution in [1.29, 1.82) is 0 Å². The predicted octanol–water partition coefficient (Wildman–Crippen LogP) is 5.97. The van der Waals surface area contributed by atoms with E-state index in [4.69, 9.17) is 46.4 Å². The average Bonchev–Trinajstić information content (AvgIpc) is 2.15. The van der Waals surface area contributed by atoms with E-state index >= 15 is 0 Å². The first-order valence-corrected chi connectivity index (χ1v) is 5.99. The Kier molecular flexibility index (Phi) is 3.66. The smallest absolute Gasteiger partial charge is 0.0499 e. The minimum Gasteiger partial charge on any atom is -0.0843 e. The lowest BCUT2D eigenvalue weighted by Gasteiger charge is -2.08. The summed E-state index contributed by atoms with van der Waals surface area (Å²) in [5, 5.41) is 2.26. The van der Waals surface area contributed by atoms with Gasteiger partial charge in [-0.1, -0.05) is 52.5 Å². The van der Waals surface area contributed by atoms with Crippen LogP contribution >= 0.6 is 46.4 Å². The highest BCUT2D eigenvalue weighted by molar-refractivity contribution is 6.40. The van der Waals surface area contributed by atoms with E-state index in [0.717, 1.165) is 11.1 Å². The molecule has 0 aliphatic rings. The molecule has 0 saturated heterocycles. The van der Waals surface area contributed by atoms with Crippen LogP contribution in [0.4, 0.5) is 0 Å². The largest absolute Gasteiger partial charge is 0.0843 e. The first kappa shape index (κ1) is 12.1. The van der Waals surface area contributed by atoms with Crippen molar-refractivity contribution in [2.45, 2.75) is 0 Å². The maximum atomic E-state index is 6.10. The monoisotopic (exact) mass is 290 g/mol. The third-order valence-corrected chi connectivity index (χ3v) is 3.18. The van der Waals surface area contributed by atoms with Crippen molar-refractivity contribution in [3.63, 3.8) is 0 Å². The first-order chi connectivity index (χ1) is 7.58. The molecule has 0 N–H and O–H groups in total. The Bertz CT molecular complexity index is 494. The van der Waals surface area contributed by atoms with Crippen LogP contribution in [-0.4, -0.2) is 0 Å². The third-order valence-electron chi connectivity index (χ3n) is 2.11. The molecular weight excluding hydrogens is 286 g/mol. The number of rotatable bonds is 1. The van der Waals surface area contributed by atoms with E-state index in [1.165, 1.54) is 0 Å². The van der Waals surface area contributed by atoms with Crippen molar-refractivity contribution in [3.8, 4) is 11.1 Å². The Morgan fingerprint density at radius 2 is 1.19 bits per heavy atom. The van der Waals surface area contributed by atoms with Gasteiger partial charge in [0.15, 0.2) is 0 Å². The molecule has 0 aliphatic carbocycles. The summed E-state index contributed by atoms with van der Waals surface area (Å²) in [6.45, 7) is 0. The molecule has 2 aromatic carbocycles. The van der Waals surface area contributed by atoms with Gasteiger partial charge in [-0.15, -0.1) is 0 Å². The summed E-state index contributed by atoms with van der Waals surface area (Å²) in [6, 6.07) is 10.6. The molecule has 0 heterocycles. The fourth-order valence-electron chi connectivity index (χ4n) is 1.47. The molecule has 0 bridgehead atoms. The lowest BCUT2D eigenvalue weighted by Crippen LogP contribution is -1.82. The standard InChI is InChI=1S/C12H6Cl4/c13-8-4-7(5-9(14)6-8)12-10(15)2-1-3-11(12)16/h1-6H. The van der Waals surface area contributed by atoms with Crippen molar-refractivity contribution in [3.05, 3.63) is 56.5 Å². The van der Waals surface area contributed by atoms with Gasteiger partial charge in [0.05, 0.1) is 0 Å². The summed E-state index contributed by atoms with van der Waals surface area (Å²) < 4.78 is 0. The molecule has 0 unspecified atom stereocenters. The van der Waals surface area contributed by atoms with Crippen molar-refractivity contribution in [2.75, 3.05) is 0 Å². The molecule has 0 aromatic heterocycles. The molecule has 4 heteroatoms. The Hall–Kier alpha value is -0.400.